The van der Waals surface area contributed by atoms with Crippen LogP contribution in [0.1, 0.15) is 51.3 Å². The van der Waals surface area contributed by atoms with Gasteiger partial charge in [-0.1, -0.05) is 26.2 Å². The Morgan fingerprint density at radius 2 is 2.04 bits per heavy atom. The third kappa shape index (κ3) is 8.35. The molecule has 0 amide bonds. The van der Waals surface area contributed by atoms with Crippen LogP contribution in [-0.2, 0) is 17.7 Å². The predicted octanol–water partition coefficient (Wildman–Crippen LogP) is 2.36. The van der Waals surface area contributed by atoms with Crippen LogP contribution in [0.25, 0.3) is 0 Å². The van der Waals surface area contributed by atoms with Crippen LogP contribution in [0.5, 0.6) is 0 Å². The number of hydrogen-bond donors (Lipinski definition) is 2. The monoisotopic (exact) mass is 464 g/mol. The molecule has 0 unspecified atom stereocenters. The molecular weight excluding hydrogens is 431 g/mol. The molecule has 1 aliphatic rings. The van der Waals surface area contributed by atoms with Crippen molar-refractivity contribution in [1.82, 2.24) is 25.4 Å². The predicted molar refractivity (Wildman–Crippen MR) is 112 cm³/mol. The Labute approximate surface area is 168 Å². The zero-order valence-electron chi connectivity index (χ0n) is 15.5. The quantitative estimate of drug-likeness (QED) is 0.254. The van der Waals surface area contributed by atoms with E-state index in [0.717, 1.165) is 50.9 Å². The standard InChI is InChI=1S/C17H32N6O.HI/c1-3-16-22-21-14-23(16)12-11-20-17(18-2)19-10-7-13-24-15-8-5-4-6-9-15;/h14-15H,3-13H2,1-2H3,(H2,18,19,20);1H. The average Bonchev–Trinajstić information content (AvgIpc) is 3.08. The van der Waals surface area contributed by atoms with Gasteiger partial charge in [-0.05, 0) is 19.3 Å². The van der Waals surface area contributed by atoms with Crippen molar-refractivity contribution in [2.75, 3.05) is 26.7 Å². The number of ether oxygens (including phenoxy) is 1. The van der Waals surface area contributed by atoms with Crippen LogP contribution in [0.15, 0.2) is 11.3 Å². The Morgan fingerprint density at radius 3 is 2.76 bits per heavy atom. The Bertz CT molecular complexity index is 487. The lowest BCUT2D eigenvalue weighted by Gasteiger charge is -2.22. The van der Waals surface area contributed by atoms with Gasteiger partial charge in [0.2, 0.25) is 0 Å². The summed E-state index contributed by atoms with van der Waals surface area (Å²) in [5.74, 6) is 1.85. The highest BCUT2D eigenvalue weighted by atomic mass is 127. The van der Waals surface area contributed by atoms with Crippen molar-refractivity contribution in [2.45, 2.75) is 64.5 Å². The zero-order valence-corrected chi connectivity index (χ0v) is 17.9. The van der Waals surface area contributed by atoms with E-state index in [2.05, 4.69) is 37.3 Å². The van der Waals surface area contributed by atoms with Crippen molar-refractivity contribution < 1.29 is 4.74 Å². The van der Waals surface area contributed by atoms with Gasteiger partial charge in [-0.25, -0.2) is 0 Å². The molecule has 1 aromatic rings. The van der Waals surface area contributed by atoms with E-state index >= 15 is 0 Å². The van der Waals surface area contributed by atoms with Gasteiger partial charge in [0.25, 0.3) is 0 Å². The van der Waals surface area contributed by atoms with Crippen molar-refractivity contribution in [3.05, 3.63) is 12.2 Å². The van der Waals surface area contributed by atoms with Gasteiger partial charge >= 0.3 is 0 Å². The molecule has 25 heavy (non-hydrogen) atoms. The first kappa shape index (κ1) is 22.1. The molecule has 0 saturated heterocycles. The fourth-order valence-electron chi connectivity index (χ4n) is 3.02. The zero-order chi connectivity index (χ0) is 17.0. The van der Waals surface area contributed by atoms with Gasteiger partial charge in [-0.3, -0.25) is 4.99 Å². The largest absolute Gasteiger partial charge is 0.378 e. The molecule has 2 rings (SSSR count). The number of halogens is 1. The smallest absolute Gasteiger partial charge is 0.191 e. The summed E-state index contributed by atoms with van der Waals surface area (Å²) < 4.78 is 8.00. The first-order valence-electron chi connectivity index (χ1n) is 9.26. The van der Waals surface area contributed by atoms with Crippen LogP contribution in [0.2, 0.25) is 0 Å². The second-order valence-electron chi connectivity index (χ2n) is 6.20. The fraction of sp³-hybridized carbons (Fsp3) is 0.824. The molecule has 7 nitrogen and oxygen atoms in total. The molecule has 8 heteroatoms. The van der Waals surface area contributed by atoms with E-state index in [1.165, 1.54) is 32.1 Å². The molecule has 0 spiro atoms. The summed E-state index contributed by atoms with van der Waals surface area (Å²) in [5, 5.41) is 14.7. The maximum absolute atomic E-state index is 5.94. The SMILES string of the molecule is CCc1nncn1CCNC(=NC)NCCCOC1CCCCC1.I. The topological polar surface area (TPSA) is 76.4 Å². The van der Waals surface area contributed by atoms with Crippen LogP contribution in [0.3, 0.4) is 0 Å². The molecule has 1 saturated carbocycles. The third-order valence-corrected chi connectivity index (χ3v) is 4.40. The van der Waals surface area contributed by atoms with Crippen molar-refractivity contribution in [2.24, 2.45) is 4.99 Å². The van der Waals surface area contributed by atoms with Crippen molar-refractivity contribution in [3.63, 3.8) is 0 Å². The summed E-state index contributed by atoms with van der Waals surface area (Å²) in [5.41, 5.74) is 0. The minimum atomic E-state index is 0. The Balaban J connectivity index is 0.00000312. The molecule has 144 valence electrons. The molecule has 0 aromatic carbocycles. The molecule has 1 fully saturated rings. The van der Waals surface area contributed by atoms with Gasteiger partial charge < -0.3 is 19.9 Å². The number of aromatic nitrogens is 3. The maximum Gasteiger partial charge on any atom is 0.191 e. The Morgan fingerprint density at radius 1 is 1.28 bits per heavy atom. The summed E-state index contributed by atoms with van der Waals surface area (Å²) in [6.45, 7) is 5.42. The van der Waals surface area contributed by atoms with E-state index in [0.29, 0.717) is 6.10 Å². The normalized spacial score (nSPS) is 15.7. The first-order chi connectivity index (χ1) is 11.8. The minimum absolute atomic E-state index is 0. The Hall–Kier alpha value is -0.900. The van der Waals surface area contributed by atoms with E-state index in [1.807, 2.05) is 0 Å². The molecule has 0 radical (unpaired) electrons. The molecular formula is C17H33IN6O. The molecule has 1 aliphatic carbocycles. The molecule has 1 aromatic heterocycles. The second kappa shape index (κ2) is 13.3. The Kier molecular flexibility index (Phi) is 11.8. The number of hydrogen-bond acceptors (Lipinski definition) is 4. The van der Waals surface area contributed by atoms with Crippen molar-refractivity contribution in [3.8, 4) is 0 Å². The van der Waals surface area contributed by atoms with Gasteiger partial charge in [0.15, 0.2) is 5.96 Å². The van der Waals surface area contributed by atoms with E-state index in [4.69, 9.17) is 4.74 Å². The molecule has 0 aliphatic heterocycles. The van der Waals surface area contributed by atoms with E-state index in [9.17, 15) is 0 Å². The van der Waals surface area contributed by atoms with Gasteiger partial charge in [-0.2, -0.15) is 0 Å². The van der Waals surface area contributed by atoms with Crippen molar-refractivity contribution in [1.29, 1.82) is 0 Å². The van der Waals surface area contributed by atoms with E-state index in [-0.39, 0.29) is 24.0 Å². The van der Waals surface area contributed by atoms with Crippen LogP contribution >= 0.6 is 24.0 Å². The highest BCUT2D eigenvalue weighted by molar-refractivity contribution is 14.0. The second-order valence-corrected chi connectivity index (χ2v) is 6.20. The summed E-state index contributed by atoms with van der Waals surface area (Å²) in [6.07, 6.45) is 10.7. The number of guanidine groups is 1. The summed E-state index contributed by atoms with van der Waals surface area (Å²) >= 11 is 0. The summed E-state index contributed by atoms with van der Waals surface area (Å²) in [4.78, 5) is 4.25. The fourth-order valence-corrected chi connectivity index (χ4v) is 3.02. The third-order valence-electron chi connectivity index (χ3n) is 4.40. The molecule has 1 heterocycles. The molecule has 0 bridgehead atoms. The van der Waals surface area contributed by atoms with Crippen LogP contribution in [-0.4, -0.2) is 53.6 Å². The van der Waals surface area contributed by atoms with Crippen LogP contribution < -0.4 is 10.6 Å². The number of nitrogens with one attached hydrogen (secondary N) is 2. The molecule has 0 atom stereocenters. The van der Waals surface area contributed by atoms with Gasteiger partial charge in [0, 0.05) is 39.7 Å². The number of nitrogens with zero attached hydrogens (tertiary/aromatic N) is 4. The number of rotatable bonds is 9. The average molecular weight is 464 g/mol. The number of aliphatic imine (C=N–C) groups is 1. The molecule has 2 N–H and O–H groups in total. The lowest BCUT2D eigenvalue weighted by Crippen LogP contribution is -2.39. The minimum Gasteiger partial charge on any atom is -0.378 e. The van der Waals surface area contributed by atoms with Gasteiger partial charge in [-0.15, -0.1) is 34.2 Å². The van der Waals surface area contributed by atoms with Crippen LogP contribution in [0.4, 0.5) is 0 Å². The first-order valence-corrected chi connectivity index (χ1v) is 9.26. The van der Waals surface area contributed by atoms with E-state index in [1.54, 1.807) is 13.4 Å². The van der Waals surface area contributed by atoms with E-state index < -0.39 is 0 Å². The lowest BCUT2D eigenvalue weighted by molar-refractivity contribution is 0.0277. The van der Waals surface area contributed by atoms with Crippen LogP contribution in [0, 0.1) is 0 Å². The lowest BCUT2D eigenvalue weighted by atomic mass is 9.98. The van der Waals surface area contributed by atoms with Crippen molar-refractivity contribution >= 4 is 29.9 Å². The van der Waals surface area contributed by atoms with Gasteiger partial charge in [0.1, 0.15) is 12.2 Å². The highest BCUT2D eigenvalue weighted by Crippen LogP contribution is 2.20. The van der Waals surface area contributed by atoms with Gasteiger partial charge in [0.05, 0.1) is 6.10 Å². The maximum atomic E-state index is 5.94. The summed E-state index contributed by atoms with van der Waals surface area (Å²) in [6, 6.07) is 0. The highest BCUT2D eigenvalue weighted by Gasteiger charge is 2.12. The number of aryl methyl sites for hydroxylation is 1. The summed E-state index contributed by atoms with van der Waals surface area (Å²) in [7, 11) is 1.80.